The first-order chi connectivity index (χ1) is 38.1. The number of carboxylic acid groups (broad SMARTS) is 1. The van der Waals surface area contributed by atoms with Crippen molar-refractivity contribution < 1.29 is 68.4 Å². The molecule has 456 valence electrons. The molecule has 0 unspecified atom stereocenters. The van der Waals surface area contributed by atoms with Crippen LogP contribution in [0.15, 0.2) is 34.3 Å². The molecule has 0 heterocycles. The van der Waals surface area contributed by atoms with E-state index in [1.54, 1.807) is 13.2 Å². The molecule has 0 aliphatic carbocycles. The molecule has 1 aromatic rings. The lowest BCUT2D eigenvalue weighted by molar-refractivity contribution is -0.143. The van der Waals surface area contributed by atoms with Crippen molar-refractivity contribution in [1.29, 1.82) is 0 Å². The molecule has 20 N–H and O–H groups in total. The lowest BCUT2D eigenvalue weighted by Crippen LogP contribution is -2.52. The number of thioether (sulfide) groups is 1. The number of unbranched alkanes of at least 4 members (excludes halogenated alkanes) is 1. The Balaban J connectivity index is 3.55. The number of rotatable bonds is 44. The van der Waals surface area contributed by atoms with E-state index in [1.807, 2.05) is 13.8 Å². The van der Waals surface area contributed by atoms with E-state index in [1.165, 1.54) is 43.0 Å². The number of phenols is 1. The quantitative estimate of drug-likeness (QED) is 0.0216. The molecule has 27 heteroatoms. The summed E-state index contributed by atoms with van der Waals surface area (Å²) in [6, 6.07) is 0.151. The summed E-state index contributed by atoms with van der Waals surface area (Å²) in [6.45, 7) is 6.29. The van der Waals surface area contributed by atoms with E-state index < -0.39 is 151 Å². The molecule has 1 rings (SSSR count). The van der Waals surface area contributed by atoms with Crippen LogP contribution < -0.4 is 55.7 Å². The van der Waals surface area contributed by atoms with Gasteiger partial charge >= 0.3 is 5.97 Å². The highest BCUT2D eigenvalue weighted by Gasteiger charge is 2.37. The van der Waals surface area contributed by atoms with E-state index >= 15 is 0 Å². The first-order valence-corrected chi connectivity index (χ1v) is 28.7. The Bertz CT molecular complexity index is 2280. The van der Waals surface area contributed by atoms with Crippen LogP contribution in [0.2, 0.25) is 0 Å². The lowest BCUT2D eigenvalue weighted by Gasteiger charge is -2.27. The van der Waals surface area contributed by atoms with Crippen LogP contribution in [0.1, 0.15) is 123 Å². The third-order valence-electron chi connectivity index (χ3n) is 13.4. The molecular formula is C54H90N12O14S. The van der Waals surface area contributed by atoms with Gasteiger partial charge in [-0.15, -0.1) is 0 Å². The Morgan fingerprint density at radius 2 is 1.06 bits per heavy atom. The van der Waals surface area contributed by atoms with Gasteiger partial charge in [-0.25, -0.2) is 0 Å². The first-order valence-electron chi connectivity index (χ1n) is 27.3. The number of carboxylic acids is 1. The minimum Gasteiger partial charge on any atom is -0.508 e. The van der Waals surface area contributed by atoms with E-state index in [0.29, 0.717) is 37.0 Å². The Hall–Kier alpha value is -6.71. The van der Waals surface area contributed by atoms with Crippen LogP contribution in [0.25, 0.3) is 0 Å². The number of phenolic OH excluding ortho intramolecular Hbond substituents is 1. The van der Waals surface area contributed by atoms with Gasteiger partial charge in [0.15, 0.2) is 35.1 Å². The fraction of sp³-hybridized carbons (Fsp3) is 0.667. The van der Waals surface area contributed by atoms with E-state index in [9.17, 15) is 68.4 Å². The predicted octanol–water partition coefficient (Wildman–Crippen LogP) is -0.820. The molecule has 81 heavy (non-hydrogen) atoms. The number of nitrogens with two attached hydrogens (primary N) is 6. The summed E-state index contributed by atoms with van der Waals surface area (Å²) in [5.41, 5.74) is 33.6. The molecule has 0 saturated carbocycles. The summed E-state index contributed by atoms with van der Waals surface area (Å²) in [4.78, 5) is 144. The number of amides is 5. The molecule has 0 aromatic heterocycles. The second-order valence-electron chi connectivity index (χ2n) is 20.9. The van der Waals surface area contributed by atoms with Gasteiger partial charge in [0.05, 0.1) is 37.1 Å². The van der Waals surface area contributed by atoms with Gasteiger partial charge in [0.1, 0.15) is 17.8 Å². The molecule has 26 nitrogen and oxygen atoms in total. The first kappa shape index (κ1) is 72.3. The number of hydrogen-bond donors (Lipinski definition) is 14. The molecule has 0 radical (unpaired) electrons. The van der Waals surface area contributed by atoms with Crippen LogP contribution in [0.4, 0.5) is 0 Å². The average molecular weight is 1160 g/mol. The van der Waals surface area contributed by atoms with Gasteiger partial charge in [0.25, 0.3) is 0 Å². The summed E-state index contributed by atoms with van der Waals surface area (Å²) in [7, 11) is 0. The highest BCUT2D eigenvalue weighted by molar-refractivity contribution is 7.98. The molecule has 1 aromatic carbocycles. The minimum atomic E-state index is -1.72. The number of aliphatic hydroxyl groups is 2. The van der Waals surface area contributed by atoms with Crippen LogP contribution in [0.5, 0.6) is 5.75 Å². The maximum Gasteiger partial charge on any atom is 0.304 e. The molecule has 0 bridgehead atoms. The van der Waals surface area contributed by atoms with Gasteiger partial charge in [-0.3, -0.25) is 57.9 Å². The van der Waals surface area contributed by atoms with Crippen LogP contribution in [-0.4, -0.2) is 160 Å². The maximum atomic E-state index is 14.5. The van der Waals surface area contributed by atoms with Crippen molar-refractivity contribution in [3.8, 4) is 5.75 Å². The van der Waals surface area contributed by atoms with Crippen molar-refractivity contribution >= 4 is 82.3 Å². The number of carbonyl (C=O) groups is 10. The van der Waals surface area contributed by atoms with E-state index in [0.717, 1.165) is 0 Å². The van der Waals surface area contributed by atoms with Gasteiger partial charge < -0.3 is 76.1 Å². The van der Waals surface area contributed by atoms with E-state index in [4.69, 9.17) is 34.4 Å². The van der Waals surface area contributed by atoms with Crippen molar-refractivity contribution in [3.63, 3.8) is 0 Å². The smallest absolute Gasteiger partial charge is 0.304 e. The molecule has 0 fully saturated rings. The zero-order valence-electron chi connectivity index (χ0n) is 47.4. The summed E-state index contributed by atoms with van der Waals surface area (Å²) in [5, 5.41) is 51.2. The molecular weight excluding hydrogens is 1070 g/mol. The zero-order chi connectivity index (χ0) is 61.4. The molecule has 0 saturated heterocycles. The number of carbonyl (C=O) groups excluding carboxylic acids is 9. The van der Waals surface area contributed by atoms with Gasteiger partial charge in [-0.2, -0.15) is 11.8 Å². The van der Waals surface area contributed by atoms with Crippen LogP contribution >= 0.6 is 11.8 Å². The number of aromatic hydroxyl groups is 1. The van der Waals surface area contributed by atoms with Gasteiger partial charge in [0.2, 0.25) is 29.5 Å². The molecule has 0 spiro atoms. The lowest BCUT2D eigenvalue weighted by atomic mass is 9.87. The molecule has 5 amide bonds. The number of hydrogen-bond acceptors (Lipinski definition) is 17. The second-order valence-corrected chi connectivity index (χ2v) is 21.9. The molecule has 10 atom stereocenters. The van der Waals surface area contributed by atoms with Crippen LogP contribution in [0, 0.1) is 35.5 Å². The van der Waals surface area contributed by atoms with Crippen LogP contribution in [0.3, 0.4) is 0 Å². The topological polar surface area (TPSA) is 481 Å². The van der Waals surface area contributed by atoms with Crippen LogP contribution in [-0.2, 0) is 54.4 Å². The van der Waals surface area contributed by atoms with Crippen molar-refractivity contribution in [2.75, 3.05) is 38.2 Å². The number of benzene rings is 1. The predicted molar refractivity (Wildman–Crippen MR) is 307 cm³/mol. The average Bonchev–Trinajstić information content (AvgIpc) is 3.39. The number of aliphatic imine (C=N–C) groups is 2. The summed E-state index contributed by atoms with van der Waals surface area (Å²) < 4.78 is 0. The van der Waals surface area contributed by atoms with Crippen molar-refractivity contribution in [2.24, 2.45) is 79.9 Å². The van der Waals surface area contributed by atoms with E-state index in [-0.39, 0.29) is 88.2 Å². The highest BCUT2D eigenvalue weighted by atomic mass is 32.2. The monoisotopic (exact) mass is 1160 g/mol. The minimum absolute atomic E-state index is 0.00313. The van der Waals surface area contributed by atoms with Gasteiger partial charge in [0, 0.05) is 62.4 Å². The van der Waals surface area contributed by atoms with Gasteiger partial charge in [-0.05, 0) is 113 Å². The second kappa shape index (κ2) is 38.8. The Kier molecular flexibility index (Phi) is 34.7. The molecule has 0 aliphatic heterocycles. The van der Waals surface area contributed by atoms with Crippen molar-refractivity contribution in [2.45, 2.75) is 154 Å². The third-order valence-corrected chi connectivity index (χ3v) is 14.1. The van der Waals surface area contributed by atoms with Crippen molar-refractivity contribution in [1.82, 2.24) is 21.3 Å². The summed E-state index contributed by atoms with van der Waals surface area (Å²) >= 11 is 1.35. The van der Waals surface area contributed by atoms with Gasteiger partial charge in [-0.1, -0.05) is 32.9 Å². The number of ketones is 4. The number of nitrogens with one attached hydrogen (secondary N) is 4. The highest BCUT2D eigenvalue weighted by Crippen LogP contribution is 2.23. The zero-order valence-corrected chi connectivity index (χ0v) is 48.3. The maximum absolute atomic E-state index is 14.5. The Labute approximate surface area is 478 Å². The number of guanidine groups is 2. The Morgan fingerprint density at radius 1 is 0.580 bits per heavy atom. The fourth-order valence-corrected chi connectivity index (χ4v) is 9.37. The molecule has 0 aliphatic rings. The van der Waals surface area contributed by atoms with Crippen molar-refractivity contribution in [3.05, 3.63) is 29.8 Å². The normalized spacial score (nSPS) is 14.9. The summed E-state index contributed by atoms with van der Waals surface area (Å²) in [5.74, 6) is -13.7. The number of primary amides is 1. The SMILES string of the molecule is CSCC[C@H](CC(=O)[C@H](CO)NC(=O)[C@@H](C)CCCN=C(N)N)C(=O)N[C@H](C(=O)C[C@@H](CC(=O)O)C(=O)N[C@@H](CCCCN)C(=O)C[C@@H](Cc1ccc(O)cc1)C(=O)N[C@@H](CCCN=C(N)N)C(=O)C[C@@H](CC(C)C)C(N)=O)[C@@H](C)O. The largest absolute Gasteiger partial charge is 0.508 e. The Morgan fingerprint density at radius 3 is 1.56 bits per heavy atom. The number of aliphatic hydroxyl groups excluding tert-OH is 2. The number of nitrogens with zero attached hydrogens (tertiary/aromatic N) is 2. The number of Topliss-reactive ketones (excluding diaryl/α,β-unsaturated/α-hetero) is 4. The summed E-state index contributed by atoms with van der Waals surface area (Å²) in [6.07, 6.45) is -1.01. The third kappa shape index (κ3) is 29.5. The standard InChI is InChI=1S/C54H90N12O14S/c1-30(2)22-35(48(56)76)25-42(70)40(12-9-20-62-54(59)60)64-51(79)36(23-33-13-15-38(69)16-14-33)26-43(71)39(11-6-7-18-55)63-52(80)37(28-46(74)75)27-45(73)47(32(4)68)66-50(78)34(17-21-81-5)24-44(72)41(29-67)65-49(77)31(3)10-8-19-61-53(57)58/h13-16,30-32,34-37,39-41,47,67-69H,6-12,17-29,55H2,1-5H3,(H2,56,76)(H,63,80)(H,64,79)(H,65,77)(H,66,78)(H,74,75)(H4,57,58,61)(H4,59,60,62)/t31-,32+,34+,35+,36+,37-,39-,40-,41-,47-/m0/s1. The van der Waals surface area contributed by atoms with E-state index in [2.05, 4.69) is 31.3 Å². The fourth-order valence-electron chi connectivity index (χ4n) is 8.85. The number of aliphatic carboxylic acids is 1.